The molecule has 220 valence electrons. The van der Waals surface area contributed by atoms with Gasteiger partial charge in [-0.1, -0.05) is 114 Å². The third-order valence-electron chi connectivity index (χ3n) is 7.81. The van der Waals surface area contributed by atoms with Crippen LogP contribution in [0.25, 0.3) is 0 Å². The normalized spacial score (nSPS) is 13.2. The molecule has 0 saturated heterocycles. The maximum Gasteiger partial charge on any atom is -0.0147 e. The van der Waals surface area contributed by atoms with Crippen LogP contribution in [0, 0.1) is 35.5 Å². The topological polar surface area (TPSA) is 0 Å². The minimum atomic E-state index is 0.520. The van der Waals surface area contributed by atoms with E-state index < -0.39 is 0 Å². The van der Waals surface area contributed by atoms with Crippen LogP contribution in [0.4, 0.5) is 0 Å². The van der Waals surface area contributed by atoms with Gasteiger partial charge in [-0.15, -0.1) is 0 Å². The van der Waals surface area contributed by atoms with Gasteiger partial charge in [0.1, 0.15) is 0 Å². The van der Waals surface area contributed by atoms with Gasteiger partial charge in [0, 0.05) is 0 Å². The van der Waals surface area contributed by atoms with Gasteiger partial charge in [-0.2, -0.15) is 0 Å². The second-order valence-electron chi connectivity index (χ2n) is 15.4. The number of rotatable bonds is 15. The maximum absolute atomic E-state index is 2.64. The van der Waals surface area contributed by atoms with Gasteiger partial charge in [0.2, 0.25) is 0 Å². The summed E-state index contributed by atoms with van der Waals surface area (Å²) in [6.45, 7) is 31.0. The van der Waals surface area contributed by atoms with Gasteiger partial charge in [-0.05, 0) is 131 Å². The SMILES string of the molecule is CC(C)Cc1cc(CC(C)C)c(CC(C)c2cc(CC(C)C)c(CC(C)C)cc2CC(C)C)cc1CC(C)C. The summed E-state index contributed by atoms with van der Waals surface area (Å²) in [5, 5.41) is 0. The molecule has 0 saturated carbocycles. The highest BCUT2D eigenvalue weighted by Crippen LogP contribution is 2.33. The summed E-state index contributed by atoms with van der Waals surface area (Å²) in [5.41, 5.74) is 12.8. The lowest BCUT2D eigenvalue weighted by Crippen LogP contribution is -2.13. The number of hydrogen-bond acceptors (Lipinski definition) is 0. The Balaban J connectivity index is 2.63. The molecule has 0 amide bonds. The molecule has 0 heteroatoms. The quantitative estimate of drug-likeness (QED) is 0.214. The van der Waals surface area contributed by atoms with Crippen molar-refractivity contribution in [2.75, 3.05) is 0 Å². The first-order valence-corrected chi connectivity index (χ1v) is 16.4. The van der Waals surface area contributed by atoms with E-state index in [1.54, 1.807) is 44.5 Å². The molecule has 0 N–H and O–H groups in total. The largest absolute Gasteiger partial charge is 0.0625 e. The summed E-state index contributed by atoms with van der Waals surface area (Å²) in [4.78, 5) is 0. The molecule has 0 aromatic heterocycles. The molecule has 1 unspecified atom stereocenters. The molecule has 0 aliphatic rings. The van der Waals surface area contributed by atoms with Crippen molar-refractivity contribution in [1.82, 2.24) is 0 Å². The van der Waals surface area contributed by atoms with Crippen molar-refractivity contribution in [1.29, 1.82) is 0 Å². The van der Waals surface area contributed by atoms with Gasteiger partial charge in [-0.25, -0.2) is 0 Å². The Morgan fingerprint density at radius 3 is 0.846 bits per heavy atom. The second kappa shape index (κ2) is 15.4. The summed E-state index contributed by atoms with van der Waals surface area (Å²) in [7, 11) is 0. The molecule has 0 nitrogen and oxygen atoms in total. The maximum atomic E-state index is 2.64. The van der Waals surface area contributed by atoms with Crippen molar-refractivity contribution in [2.24, 2.45) is 35.5 Å². The first-order valence-electron chi connectivity index (χ1n) is 16.4. The lowest BCUT2D eigenvalue weighted by atomic mass is 9.80. The van der Waals surface area contributed by atoms with Crippen LogP contribution >= 0.6 is 0 Å². The highest BCUT2D eigenvalue weighted by molar-refractivity contribution is 5.44. The van der Waals surface area contributed by atoms with Crippen molar-refractivity contribution in [3.05, 3.63) is 68.8 Å². The zero-order valence-corrected chi connectivity index (χ0v) is 28.3. The first kappa shape index (κ1) is 33.6. The van der Waals surface area contributed by atoms with E-state index in [4.69, 9.17) is 0 Å². The number of hydrogen-bond donors (Lipinski definition) is 0. The van der Waals surface area contributed by atoms with Crippen LogP contribution in [-0.2, 0) is 44.9 Å². The molecule has 0 spiro atoms. The summed E-state index contributed by atoms with van der Waals surface area (Å²) >= 11 is 0. The fourth-order valence-corrected chi connectivity index (χ4v) is 6.41. The van der Waals surface area contributed by atoms with Crippen molar-refractivity contribution in [2.45, 2.75) is 141 Å². The summed E-state index contributed by atoms with van der Waals surface area (Å²) in [5.74, 6) is 4.60. The number of benzene rings is 2. The van der Waals surface area contributed by atoms with E-state index in [0.29, 0.717) is 41.4 Å². The van der Waals surface area contributed by atoms with Crippen LogP contribution in [0.5, 0.6) is 0 Å². The van der Waals surface area contributed by atoms with Gasteiger partial charge in [0.25, 0.3) is 0 Å². The van der Waals surface area contributed by atoms with Gasteiger partial charge < -0.3 is 0 Å². The molecule has 0 aliphatic heterocycles. The Morgan fingerprint density at radius 2 is 0.538 bits per heavy atom. The molecule has 2 rings (SSSR count). The minimum Gasteiger partial charge on any atom is -0.0625 e. The third kappa shape index (κ3) is 11.1. The average molecular weight is 533 g/mol. The van der Waals surface area contributed by atoms with Crippen LogP contribution in [-0.4, -0.2) is 0 Å². The van der Waals surface area contributed by atoms with Gasteiger partial charge in [0.15, 0.2) is 0 Å². The average Bonchev–Trinajstić information content (AvgIpc) is 2.76. The standard InChI is InChI=1S/C39H64/c1-25(2)14-32-21-34(16-27(5)6)37(22-33(32)15-26(3)4)20-31(13)39-24-36(18-29(9)10)35(17-28(7)8)23-38(39)19-30(11)12/h21-31H,14-20H2,1-13H3. The lowest BCUT2D eigenvalue weighted by Gasteiger charge is -2.25. The Bertz CT molecular complexity index is 1010. The van der Waals surface area contributed by atoms with Crippen LogP contribution in [0.2, 0.25) is 0 Å². The van der Waals surface area contributed by atoms with Gasteiger partial charge in [-0.3, -0.25) is 0 Å². The fourth-order valence-electron chi connectivity index (χ4n) is 6.41. The summed E-state index contributed by atoms with van der Waals surface area (Å²) < 4.78 is 0. The Kier molecular flexibility index (Phi) is 13.3. The molecule has 0 heterocycles. The zero-order valence-electron chi connectivity index (χ0n) is 28.3. The van der Waals surface area contributed by atoms with Crippen molar-refractivity contribution >= 4 is 0 Å². The lowest BCUT2D eigenvalue weighted by molar-refractivity contribution is 0.600. The van der Waals surface area contributed by atoms with Crippen LogP contribution in [0.1, 0.15) is 140 Å². The molecule has 2 aromatic carbocycles. The van der Waals surface area contributed by atoms with Crippen LogP contribution in [0.3, 0.4) is 0 Å². The molecule has 0 bridgehead atoms. The first-order chi connectivity index (χ1) is 18.2. The molecular formula is C39H64. The summed E-state index contributed by atoms with van der Waals surface area (Å²) in [6.07, 6.45) is 8.26. The van der Waals surface area contributed by atoms with Crippen LogP contribution in [0.15, 0.2) is 24.3 Å². The van der Waals surface area contributed by atoms with Crippen molar-refractivity contribution < 1.29 is 0 Å². The monoisotopic (exact) mass is 533 g/mol. The van der Waals surface area contributed by atoms with Crippen molar-refractivity contribution in [3.63, 3.8) is 0 Å². The van der Waals surface area contributed by atoms with Gasteiger partial charge in [0.05, 0.1) is 0 Å². The van der Waals surface area contributed by atoms with E-state index >= 15 is 0 Å². The van der Waals surface area contributed by atoms with E-state index in [1.165, 1.54) is 38.5 Å². The highest BCUT2D eigenvalue weighted by atomic mass is 14.3. The Labute approximate surface area is 244 Å². The van der Waals surface area contributed by atoms with E-state index in [2.05, 4.69) is 114 Å². The minimum absolute atomic E-state index is 0.520. The predicted molar refractivity (Wildman–Crippen MR) is 176 cm³/mol. The van der Waals surface area contributed by atoms with E-state index in [1.807, 2.05) is 0 Å². The molecule has 0 fully saturated rings. The van der Waals surface area contributed by atoms with E-state index in [-0.39, 0.29) is 0 Å². The zero-order chi connectivity index (χ0) is 29.4. The molecule has 1 atom stereocenters. The Hall–Kier alpha value is -1.56. The second-order valence-corrected chi connectivity index (χ2v) is 15.4. The third-order valence-corrected chi connectivity index (χ3v) is 7.81. The molecule has 0 radical (unpaired) electrons. The van der Waals surface area contributed by atoms with E-state index in [9.17, 15) is 0 Å². The Morgan fingerprint density at radius 1 is 0.308 bits per heavy atom. The molecule has 0 aliphatic carbocycles. The van der Waals surface area contributed by atoms with E-state index in [0.717, 1.165) is 6.42 Å². The predicted octanol–water partition coefficient (Wildman–Crippen LogP) is 11.2. The fraction of sp³-hybridized carbons (Fsp3) is 0.692. The van der Waals surface area contributed by atoms with Gasteiger partial charge >= 0.3 is 0 Å². The van der Waals surface area contributed by atoms with Crippen molar-refractivity contribution in [3.8, 4) is 0 Å². The molecule has 2 aromatic rings. The van der Waals surface area contributed by atoms with Crippen LogP contribution < -0.4 is 0 Å². The molecular weight excluding hydrogens is 468 g/mol. The smallest absolute Gasteiger partial charge is 0.0147 e. The molecule has 39 heavy (non-hydrogen) atoms. The highest BCUT2D eigenvalue weighted by Gasteiger charge is 2.20. The summed E-state index contributed by atoms with van der Waals surface area (Å²) in [6, 6.07) is 10.5.